The Hall–Kier alpha value is -4.48. The van der Waals surface area contributed by atoms with Gasteiger partial charge in [0.2, 0.25) is 5.91 Å². The summed E-state index contributed by atoms with van der Waals surface area (Å²) in [6.45, 7) is 1.62. The van der Waals surface area contributed by atoms with Crippen LogP contribution in [0.2, 0.25) is 10.0 Å². The molecule has 0 bridgehead atoms. The van der Waals surface area contributed by atoms with E-state index in [1.165, 1.54) is 12.3 Å². The molecule has 3 N–H and O–H groups in total. The molecule has 2 aromatic carbocycles. The van der Waals surface area contributed by atoms with Crippen molar-refractivity contribution in [2.24, 2.45) is 0 Å². The second-order valence-electron chi connectivity index (χ2n) is 10.6. The lowest BCUT2D eigenvalue weighted by Gasteiger charge is -2.36. The fourth-order valence-corrected chi connectivity index (χ4v) is 6.00. The minimum absolute atomic E-state index is 0.0601. The molecule has 0 saturated carbocycles. The number of aromatic nitrogens is 3. The average Bonchev–Trinajstić information content (AvgIpc) is 3.68. The first-order chi connectivity index (χ1) is 21.7. The largest absolute Gasteiger partial charge is 0.476 e. The molecule has 2 aromatic heterocycles. The third kappa shape index (κ3) is 6.10. The van der Waals surface area contributed by atoms with Crippen molar-refractivity contribution >= 4 is 52.2 Å². The Kier molecular flexibility index (Phi) is 8.73. The van der Waals surface area contributed by atoms with E-state index in [1.807, 2.05) is 0 Å². The van der Waals surface area contributed by atoms with Crippen molar-refractivity contribution in [3.8, 4) is 23.1 Å². The molecular formula is C30H27Cl2FN8O4. The van der Waals surface area contributed by atoms with Gasteiger partial charge in [0, 0.05) is 56.4 Å². The number of carbonyl (C=O) groups excluding carboxylic acids is 2. The fraction of sp³-hybridized carbons (Fsp3) is 0.300. The summed E-state index contributed by atoms with van der Waals surface area (Å²) in [7, 11) is 0. The van der Waals surface area contributed by atoms with Crippen LogP contribution in [0.1, 0.15) is 16.8 Å². The zero-order valence-electron chi connectivity index (χ0n) is 23.7. The first-order valence-corrected chi connectivity index (χ1v) is 14.9. The molecule has 2 saturated heterocycles. The van der Waals surface area contributed by atoms with Crippen molar-refractivity contribution in [3.63, 3.8) is 0 Å². The topological polar surface area (TPSA) is 148 Å². The number of nitrogens with one attached hydrogen (secondary N) is 2. The van der Waals surface area contributed by atoms with Crippen molar-refractivity contribution in [2.75, 3.05) is 44.6 Å². The van der Waals surface area contributed by atoms with Crippen LogP contribution >= 0.6 is 23.2 Å². The van der Waals surface area contributed by atoms with E-state index < -0.39 is 18.0 Å². The van der Waals surface area contributed by atoms with Gasteiger partial charge in [-0.2, -0.15) is 5.26 Å². The monoisotopic (exact) mass is 652 g/mol. The third-order valence-corrected chi connectivity index (χ3v) is 8.47. The number of ether oxygens (including phenoxy) is 1. The Balaban J connectivity index is 1.15. The van der Waals surface area contributed by atoms with Crippen molar-refractivity contribution < 1.29 is 23.8 Å². The molecule has 2 atom stereocenters. The van der Waals surface area contributed by atoms with E-state index in [9.17, 15) is 19.1 Å². The molecule has 2 fully saturated rings. The summed E-state index contributed by atoms with van der Waals surface area (Å²) in [5.74, 6) is -0.824. The van der Waals surface area contributed by atoms with Gasteiger partial charge in [-0.25, -0.2) is 14.4 Å². The summed E-state index contributed by atoms with van der Waals surface area (Å²) in [5, 5.41) is 24.7. The molecule has 2 aliphatic rings. The molecule has 2 aliphatic heterocycles. The molecule has 6 rings (SSSR count). The van der Waals surface area contributed by atoms with Crippen molar-refractivity contribution in [2.45, 2.75) is 18.6 Å². The number of imidazole rings is 1. The van der Waals surface area contributed by atoms with Crippen LogP contribution in [0.5, 0.6) is 5.75 Å². The number of β-amino-alcohol motifs (C(OH)–C–C–N with tert-alkyl or cyclic N) is 1. The van der Waals surface area contributed by atoms with E-state index in [4.69, 9.17) is 33.2 Å². The Morgan fingerprint density at radius 2 is 1.93 bits per heavy atom. The lowest BCUT2D eigenvalue weighted by atomic mass is 10.1. The van der Waals surface area contributed by atoms with Gasteiger partial charge in [-0.15, -0.1) is 0 Å². The Labute approximate surface area is 266 Å². The molecule has 232 valence electrons. The summed E-state index contributed by atoms with van der Waals surface area (Å²) in [6.07, 6.45) is 4.61. The Morgan fingerprint density at radius 1 is 1.16 bits per heavy atom. The van der Waals surface area contributed by atoms with Gasteiger partial charge >= 0.3 is 0 Å². The highest BCUT2D eigenvalue weighted by Crippen LogP contribution is 2.36. The Bertz CT molecular complexity index is 1820. The van der Waals surface area contributed by atoms with Gasteiger partial charge in [0.1, 0.15) is 6.07 Å². The molecule has 0 aliphatic carbocycles. The minimum Gasteiger partial charge on any atom is -0.476 e. The van der Waals surface area contributed by atoms with Crippen LogP contribution in [0.25, 0.3) is 16.9 Å². The Morgan fingerprint density at radius 3 is 2.64 bits per heavy atom. The van der Waals surface area contributed by atoms with E-state index in [2.05, 4.69) is 20.6 Å². The number of halogens is 3. The molecule has 4 heterocycles. The summed E-state index contributed by atoms with van der Waals surface area (Å²) < 4.78 is 21.6. The van der Waals surface area contributed by atoms with Crippen LogP contribution < -0.4 is 15.4 Å². The number of piperazine rings is 1. The summed E-state index contributed by atoms with van der Waals surface area (Å²) in [6, 6.07) is 9.33. The number of fused-ring (bicyclic) bond motifs is 1. The zero-order chi connectivity index (χ0) is 31.7. The van der Waals surface area contributed by atoms with Crippen LogP contribution in [-0.4, -0.2) is 92.6 Å². The molecule has 15 heteroatoms. The van der Waals surface area contributed by atoms with Crippen LogP contribution in [-0.2, 0) is 4.79 Å². The number of aliphatic hydroxyl groups excluding tert-OH is 1. The lowest BCUT2D eigenvalue weighted by molar-refractivity contribution is -0.134. The van der Waals surface area contributed by atoms with E-state index in [1.54, 1.807) is 56.9 Å². The van der Waals surface area contributed by atoms with Crippen molar-refractivity contribution in [3.05, 3.63) is 70.3 Å². The second-order valence-corrected chi connectivity index (χ2v) is 11.4. The van der Waals surface area contributed by atoms with Gasteiger partial charge in [-0.3, -0.25) is 14.0 Å². The molecular weight excluding hydrogens is 626 g/mol. The number of rotatable bonds is 7. The van der Waals surface area contributed by atoms with Gasteiger partial charge in [-0.05, 0) is 36.8 Å². The number of hydrogen-bond acceptors (Lipinski definition) is 9. The molecule has 2 amide bonds. The van der Waals surface area contributed by atoms with Crippen LogP contribution in [0.4, 0.5) is 15.9 Å². The van der Waals surface area contributed by atoms with E-state index in [0.717, 1.165) is 0 Å². The van der Waals surface area contributed by atoms with E-state index in [-0.39, 0.29) is 34.2 Å². The number of benzene rings is 2. The minimum atomic E-state index is -0.784. The molecule has 0 spiro atoms. The van der Waals surface area contributed by atoms with Crippen molar-refractivity contribution in [1.29, 1.82) is 5.26 Å². The normalized spacial score (nSPS) is 18.2. The average molecular weight is 654 g/mol. The number of nitrogens with zero attached hydrogens (tertiary/aromatic N) is 6. The quantitative estimate of drug-likeness (QED) is 0.273. The van der Waals surface area contributed by atoms with E-state index >= 15 is 0 Å². The second kappa shape index (κ2) is 12.9. The van der Waals surface area contributed by atoms with Crippen molar-refractivity contribution in [1.82, 2.24) is 29.5 Å². The maximum absolute atomic E-state index is 14.8. The molecule has 12 nitrogen and oxygen atoms in total. The SMILES string of the molecule is N#CCOc1ccc(-c2cnc3c(Nc4ccc(C(=O)N5CCN(C(=O)[C@@H]6C[C@@H](O)CN6)CC5)c(Cl)c4)nccn23)c(Cl)c1F. The van der Waals surface area contributed by atoms with Gasteiger partial charge in [0.05, 0.1) is 39.6 Å². The van der Waals surface area contributed by atoms with Gasteiger partial charge < -0.3 is 30.3 Å². The molecule has 4 aromatic rings. The molecule has 45 heavy (non-hydrogen) atoms. The third-order valence-electron chi connectivity index (χ3n) is 7.79. The number of anilines is 2. The maximum atomic E-state index is 14.8. The van der Waals surface area contributed by atoms with E-state index in [0.29, 0.717) is 73.1 Å². The molecule has 0 radical (unpaired) electrons. The zero-order valence-corrected chi connectivity index (χ0v) is 25.2. The highest BCUT2D eigenvalue weighted by atomic mass is 35.5. The maximum Gasteiger partial charge on any atom is 0.255 e. The number of amides is 2. The number of nitriles is 1. The molecule has 0 unspecified atom stereocenters. The standard InChI is InChI=1S/C30H27Cl2FN8O4/c31-21-13-17(1-2-19(21)29(43)39-8-10-40(11-9-39)30(44)22-14-18(42)15-36-22)38-27-28-37-16-23(41(28)7-6-35-27)20-3-4-24(45-12-5-34)26(33)25(20)32/h1-4,6-7,13,16,18,22,36,42H,8-12,14-15H2,(H,35,38)/t18-,22+/m1/s1. The highest BCUT2D eigenvalue weighted by Gasteiger charge is 2.33. The fourth-order valence-electron chi connectivity index (χ4n) is 5.49. The number of hydrogen-bond donors (Lipinski definition) is 3. The van der Waals surface area contributed by atoms with Crippen LogP contribution in [0, 0.1) is 17.1 Å². The summed E-state index contributed by atoms with van der Waals surface area (Å²) >= 11 is 12.9. The predicted octanol–water partition coefficient (Wildman–Crippen LogP) is 3.50. The lowest BCUT2D eigenvalue weighted by Crippen LogP contribution is -2.54. The highest BCUT2D eigenvalue weighted by molar-refractivity contribution is 6.34. The van der Waals surface area contributed by atoms with Crippen LogP contribution in [0.3, 0.4) is 0 Å². The number of aliphatic hydroxyl groups is 1. The predicted molar refractivity (Wildman–Crippen MR) is 164 cm³/mol. The van der Waals surface area contributed by atoms with Gasteiger partial charge in [0.15, 0.2) is 29.6 Å². The van der Waals surface area contributed by atoms with Gasteiger partial charge in [-0.1, -0.05) is 23.2 Å². The first kappa shape index (κ1) is 30.5. The smallest absolute Gasteiger partial charge is 0.255 e. The summed E-state index contributed by atoms with van der Waals surface area (Å²) in [5.41, 5.74) is 2.19. The summed E-state index contributed by atoms with van der Waals surface area (Å²) in [4.78, 5) is 38.3. The van der Waals surface area contributed by atoms with Gasteiger partial charge in [0.25, 0.3) is 5.91 Å². The first-order valence-electron chi connectivity index (χ1n) is 14.1. The number of carbonyl (C=O) groups is 2. The van der Waals surface area contributed by atoms with Crippen LogP contribution in [0.15, 0.2) is 48.9 Å².